The van der Waals surface area contributed by atoms with Crippen molar-refractivity contribution < 1.29 is 14.3 Å². The molecule has 3 rings (SSSR count). The van der Waals surface area contributed by atoms with E-state index in [-0.39, 0.29) is 16.4 Å². The lowest BCUT2D eigenvalue weighted by Crippen LogP contribution is -2.05. The minimum Gasteiger partial charge on any atom is -0.478 e. The molecule has 3 N–H and O–H groups in total. The van der Waals surface area contributed by atoms with Gasteiger partial charge in [-0.1, -0.05) is 23.7 Å². The maximum atomic E-state index is 13.2. The van der Waals surface area contributed by atoms with Crippen LogP contribution in [-0.2, 0) is 6.54 Å². The Balaban J connectivity index is 1.70. The van der Waals surface area contributed by atoms with Gasteiger partial charge in [-0.05, 0) is 42.0 Å². The summed E-state index contributed by atoms with van der Waals surface area (Å²) >= 11 is 6.09. The van der Waals surface area contributed by atoms with Gasteiger partial charge < -0.3 is 15.7 Å². The van der Waals surface area contributed by atoms with E-state index >= 15 is 0 Å². The number of nitrogens with zero attached hydrogens (tertiary/aromatic N) is 2. The van der Waals surface area contributed by atoms with Crippen LogP contribution >= 0.6 is 11.6 Å². The number of hydrogen-bond donors (Lipinski definition) is 3. The molecule has 0 amide bonds. The molecule has 0 saturated carbocycles. The van der Waals surface area contributed by atoms with Gasteiger partial charge >= 0.3 is 5.97 Å². The molecule has 132 valence electrons. The van der Waals surface area contributed by atoms with Crippen molar-refractivity contribution in [3.63, 3.8) is 0 Å². The number of benzene rings is 2. The van der Waals surface area contributed by atoms with Gasteiger partial charge in [0.15, 0.2) is 0 Å². The third kappa shape index (κ3) is 4.46. The standard InChI is InChI=1S/C18H14ClFN4O2/c19-14-9-12(17(25)26)4-5-15(14)23-18-21-7-6-16(24-18)22-10-11-2-1-3-13(20)8-11/h1-9H,10H2,(H,25,26)(H2,21,22,23,24). The van der Waals surface area contributed by atoms with E-state index in [0.717, 1.165) is 5.56 Å². The van der Waals surface area contributed by atoms with Crippen molar-refractivity contribution in [2.45, 2.75) is 6.54 Å². The van der Waals surface area contributed by atoms with Gasteiger partial charge in [0.2, 0.25) is 5.95 Å². The number of aromatic nitrogens is 2. The molecular weight excluding hydrogens is 359 g/mol. The monoisotopic (exact) mass is 372 g/mol. The minimum absolute atomic E-state index is 0.0898. The fourth-order valence-corrected chi connectivity index (χ4v) is 2.45. The molecule has 0 spiro atoms. The van der Waals surface area contributed by atoms with E-state index in [4.69, 9.17) is 16.7 Å². The zero-order valence-electron chi connectivity index (χ0n) is 13.4. The van der Waals surface area contributed by atoms with Crippen molar-refractivity contribution in [1.82, 2.24) is 9.97 Å². The van der Waals surface area contributed by atoms with Crippen LogP contribution in [0.5, 0.6) is 0 Å². The lowest BCUT2D eigenvalue weighted by atomic mass is 10.2. The molecule has 0 unspecified atom stereocenters. The maximum absolute atomic E-state index is 13.2. The first-order chi connectivity index (χ1) is 12.5. The zero-order valence-corrected chi connectivity index (χ0v) is 14.2. The zero-order chi connectivity index (χ0) is 18.5. The van der Waals surface area contributed by atoms with Gasteiger partial charge in [-0.15, -0.1) is 0 Å². The molecule has 0 saturated heterocycles. The predicted octanol–water partition coefficient (Wildman–Crippen LogP) is 4.32. The Hall–Kier alpha value is -3.19. The van der Waals surface area contributed by atoms with Crippen molar-refractivity contribution >= 4 is 35.0 Å². The van der Waals surface area contributed by atoms with E-state index in [2.05, 4.69) is 20.6 Å². The molecular formula is C18H14ClFN4O2. The van der Waals surface area contributed by atoms with E-state index in [1.807, 2.05) is 0 Å². The average Bonchev–Trinajstić information content (AvgIpc) is 2.62. The number of halogens is 2. The van der Waals surface area contributed by atoms with E-state index in [1.165, 1.54) is 24.3 Å². The molecule has 0 aliphatic carbocycles. The summed E-state index contributed by atoms with van der Waals surface area (Å²) < 4.78 is 13.2. The topological polar surface area (TPSA) is 87.1 Å². The summed E-state index contributed by atoms with van der Waals surface area (Å²) in [4.78, 5) is 19.3. The summed E-state index contributed by atoms with van der Waals surface area (Å²) in [6, 6.07) is 12.3. The van der Waals surface area contributed by atoms with Gasteiger partial charge in [-0.2, -0.15) is 4.98 Å². The number of hydrogen-bond acceptors (Lipinski definition) is 5. The number of carboxylic acid groups (broad SMARTS) is 1. The van der Waals surface area contributed by atoms with Crippen LogP contribution < -0.4 is 10.6 Å². The Bertz CT molecular complexity index is 952. The summed E-state index contributed by atoms with van der Waals surface area (Å²) in [7, 11) is 0. The molecule has 26 heavy (non-hydrogen) atoms. The van der Waals surface area contributed by atoms with Crippen molar-refractivity contribution in [3.05, 3.63) is 76.7 Å². The van der Waals surface area contributed by atoms with Crippen LogP contribution in [0.2, 0.25) is 5.02 Å². The summed E-state index contributed by atoms with van der Waals surface area (Å²) in [6.07, 6.45) is 1.56. The average molecular weight is 373 g/mol. The fourth-order valence-electron chi connectivity index (χ4n) is 2.23. The second kappa shape index (κ2) is 7.79. The highest BCUT2D eigenvalue weighted by molar-refractivity contribution is 6.33. The van der Waals surface area contributed by atoms with Crippen molar-refractivity contribution in [3.8, 4) is 0 Å². The quantitative estimate of drug-likeness (QED) is 0.597. The molecule has 0 radical (unpaired) electrons. The molecule has 0 fully saturated rings. The Labute approximate surface area is 153 Å². The van der Waals surface area contributed by atoms with E-state index in [9.17, 15) is 9.18 Å². The summed E-state index contributed by atoms with van der Waals surface area (Å²) in [5, 5.41) is 15.2. The molecule has 1 aromatic heterocycles. The summed E-state index contributed by atoms with van der Waals surface area (Å²) in [5.41, 5.74) is 1.36. The van der Waals surface area contributed by atoms with Crippen molar-refractivity contribution in [1.29, 1.82) is 0 Å². The SMILES string of the molecule is O=C(O)c1ccc(Nc2nccc(NCc3cccc(F)c3)n2)c(Cl)c1. The van der Waals surface area contributed by atoms with Crippen LogP contribution in [0.3, 0.4) is 0 Å². The molecule has 8 heteroatoms. The number of nitrogens with one attached hydrogen (secondary N) is 2. The first-order valence-corrected chi connectivity index (χ1v) is 8.00. The Morgan fingerprint density at radius 2 is 2.04 bits per heavy atom. The molecule has 2 aromatic carbocycles. The highest BCUT2D eigenvalue weighted by atomic mass is 35.5. The fraction of sp³-hybridized carbons (Fsp3) is 0.0556. The van der Waals surface area contributed by atoms with Crippen molar-refractivity contribution in [2.24, 2.45) is 0 Å². The Morgan fingerprint density at radius 3 is 2.77 bits per heavy atom. The Kier molecular flexibility index (Phi) is 5.28. The van der Waals surface area contributed by atoms with Crippen LogP contribution in [0.25, 0.3) is 0 Å². The molecule has 1 heterocycles. The largest absolute Gasteiger partial charge is 0.478 e. The first kappa shape index (κ1) is 17.6. The second-order valence-electron chi connectivity index (χ2n) is 5.37. The normalized spacial score (nSPS) is 10.4. The molecule has 0 aliphatic heterocycles. The van der Waals surface area contributed by atoms with Gasteiger partial charge in [0.1, 0.15) is 11.6 Å². The number of carboxylic acids is 1. The van der Waals surface area contributed by atoms with Crippen LogP contribution in [-0.4, -0.2) is 21.0 Å². The van der Waals surface area contributed by atoms with Crippen LogP contribution in [0.1, 0.15) is 15.9 Å². The first-order valence-electron chi connectivity index (χ1n) is 7.62. The van der Waals surface area contributed by atoms with Gasteiger partial charge in [-0.25, -0.2) is 14.2 Å². The minimum atomic E-state index is -1.06. The van der Waals surface area contributed by atoms with Gasteiger partial charge in [-0.3, -0.25) is 0 Å². The molecule has 0 aliphatic rings. The summed E-state index contributed by atoms with van der Waals surface area (Å²) in [6.45, 7) is 0.405. The smallest absolute Gasteiger partial charge is 0.335 e. The van der Waals surface area contributed by atoms with Crippen LogP contribution in [0.4, 0.5) is 21.8 Å². The molecule has 0 bridgehead atoms. The van der Waals surface area contributed by atoms with Gasteiger partial charge in [0, 0.05) is 12.7 Å². The highest BCUT2D eigenvalue weighted by Gasteiger charge is 2.08. The lowest BCUT2D eigenvalue weighted by molar-refractivity contribution is 0.0697. The van der Waals surface area contributed by atoms with E-state index in [1.54, 1.807) is 30.5 Å². The Morgan fingerprint density at radius 1 is 1.19 bits per heavy atom. The van der Waals surface area contributed by atoms with Crippen molar-refractivity contribution in [2.75, 3.05) is 10.6 Å². The summed E-state index contributed by atoms with van der Waals surface area (Å²) in [5.74, 6) is -0.517. The molecule has 0 atom stereocenters. The van der Waals surface area contributed by atoms with E-state index < -0.39 is 5.97 Å². The van der Waals surface area contributed by atoms with Gasteiger partial charge in [0.25, 0.3) is 0 Å². The van der Waals surface area contributed by atoms with Gasteiger partial charge in [0.05, 0.1) is 16.3 Å². The molecule has 3 aromatic rings. The van der Waals surface area contributed by atoms with E-state index in [0.29, 0.717) is 24.0 Å². The predicted molar refractivity (Wildman–Crippen MR) is 97.5 cm³/mol. The third-order valence-corrected chi connectivity index (χ3v) is 3.79. The number of anilines is 3. The van der Waals surface area contributed by atoms with Crippen LogP contribution in [0, 0.1) is 5.82 Å². The molecule has 6 nitrogen and oxygen atoms in total. The number of rotatable bonds is 6. The second-order valence-corrected chi connectivity index (χ2v) is 5.78. The lowest BCUT2D eigenvalue weighted by Gasteiger charge is -2.10. The maximum Gasteiger partial charge on any atom is 0.335 e. The third-order valence-electron chi connectivity index (χ3n) is 3.48. The highest BCUT2D eigenvalue weighted by Crippen LogP contribution is 2.25. The van der Waals surface area contributed by atoms with Crippen LogP contribution in [0.15, 0.2) is 54.7 Å². The number of aromatic carboxylic acids is 1. The number of carbonyl (C=O) groups is 1.